The van der Waals surface area contributed by atoms with E-state index in [1.807, 2.05) is 24.3 Å². The Kier molecular flexibility index (Phi) is 5.87. The number of carbonyl (C=O) groups is 1. The van der Waals surface area contributed by atoms with Crippen LogP contribution in [0, 0.1) is 5.92 Å². The van der Waals surface area contributed by atoms with Crippen molar-refractivity contribution < 1.29 is 19.4 Å². The molecule has 2 unspecified atom stereocenters. The Morgan fingerprint density at radius 1 is 1.29 bits per heavy atom. The van der Waals surface area contributed by atoms with Crippen LogP contribution in [0.3, 0.4) is 0 Å². The van der Waals surface area contributed by atoms with Gasteiger partial charge in [0.1, 0.15) is 11.5 Å². The predicted octanol–water partition coefficient (Wildman–Crippen LogP) is 1.74. The molecule has 2 rings (SSSR count). The Bertz CT molecular complexity index is 446. The largest absolute Gasteiger partial charge is 0.497 e. The molecule has 5 nitrogen and oxygen atoms in total. The molecule has 2 N–H and O–H groups in total. The first-order chi connectivity index (χ1) is 10.2. The summed E-state index contributed by atoms with van der Waals surface area (Å²) in [5.41, 5.74) is 0. The van der Waals surface area contributed by atoms with Crippen molar-refractivity contribution in [2.75, 3.05) is 20.3 Å². The summed E-state index contributed by atoms with van der Waals surface area (Å²) in [5.74, 6) is 1.68. The highest BCUT2D eigenvalue weighted by Crippen LogP contribution is 2.25. The number of rotatable bonds is 7. The second-order valence-electron chi connectivity index (χ2n) is 5.32. The Labute approximate surface area is 125 Å². The van der Waals surface area contributed by atoms with E-state index in [1.165, 1.54) is 0 Å². The highest BCUT2D eigenvalue weighted by Gasteiger charge is 2.27. The van der Waals surface area contributed by atoms with Crippen LogP contribution in [0.25, 0.3) is 0 Å². The van der Waals surface area contributed by atoms with Crippen LogP contribution in [0.15, 0.2) is 24.3 Å². The van der Waals surface area contributed by atoms with Gasteiger partial charge in [-0.15, -0.1) is 0 Å². The lowest BCUT2D eigenvalue weighted by atomic mass is 10.1. The first-order valence-corrected chi connectivity index (χ1v) is 7.40. The molecule has 0 heterocycles. The van der Waals surface area contributed by atoms with Gasteiger partial charge in [0.2, 0.25) is 5.91 Å². The zero-order valence-electron chi connectivity index (χ0n) is 12.4. The fourth-order valence-corrected chi connectivity index (χ4v) is 2.66. The van der Waals surface area contributed by atoms with Gasteiger partial charge in [-0.25, -0.2) is 0 Å². The summed E-state index contributed by atoms with van der Waals surface area (Å²) in [4.78, 5) is 11.9. The van der Waals surface area contributed by atoms with E-state index in [0.717, 1.165) is 30.8 Å². The third-order valence-corrected chi connectivity index (χ3v) is 3.90. The summed E-state index contributed by atoms with van der Waals surface area (Å²) < 4.78 is 10.6. The maximum absolute atomic E-state index is 11.9. The number of carbonyl (C=O) groups excluding carboxylic acids is 1. The van der Waals surface area contributed by atoms with Crippen molar-refractivity contribution in [3.8, 4) is 11.5 Å². The lowest BCUT2D eigenvalue weighted by molar-refractivity contribution is -0.122. The van der Waals surface area contributed by atoms with Crippen molar-refractivity contribution in [3.05, 3.63) is 24.3 Å². The monoisotopic (exact) mass is 293 g/mol. The van der Waals surface area contributed by atoms with E-state index in [2.05, 4.69) is 5.32 Å². The zero-order chi connectivity index (χ0) is 15.1. The van der Waals surface area contributed by atoms with E-state index in [9.17, 15) is 9.90 Å². The Balaban J connectivity index is 1.69. The predicted molar refractivity (Wildman–Crippen MR) is 79.5 cm³/mol. The average molecular weight is 293 g/mol. The maximum atomic E-state index is 11.9. The minimum Gasteiger partial charge on any atom is -0.497 e. The van der Waals surface area contributed by atoms with Crippen molar-refractivity contribution in [1.82, 2.24) is 5.32 Å². The number of aliphatic hydroxyl groups is 1. The van der Waals surface area contributed by atoms with Gasteiger partial charge in [-0.2, -0.15) is 0 Å². The number of benzene rings is 1. The molecule has 116 valence electrons. The van der Waals surface area contributed by atoms with Crippen LogP contribution in [-0.4, -0.2) is 37.4 Å². The van der Waals surface area contributed by atoms with Crippen molar-refractivity contribution in [3.63, 3.8) is 0 Å². The van der Waals surface area contributed by atoms with Gasteiger partial charge in [0.25, 0.3) is 0 Å². The van der Waals surface area contributed by atoms with Crippen LogP contribution in [0.2, 0.25) is 0 Å². The van der Waals surface area contributed by atoms with Crippen molar-refractivity contribution in [2.45, 2.75) is 31.7 Å². The number of aliphatic hydroxyl groups excluding tert-OH is 1. The minimum atomic E-state index is -0.0196. The van der Waals surface area contributed by atoms with E-state index in [4.69, 9.17) is 9.47 Å². The molecule has 5 heteroatoms. The minimum absolute atomic E-state index is 0.0196. The summed E-state index contributed by atoms with van der Waals surface area (Å²) in [6.07, 6.45) is 3.33. The molecule has 0 bridgehead atoms. The SMILES string of the molecule is COc1ccc(OCCC(=O)NC2CCCC2CO)cc1. The van der Waals surface area contributed by atoms with Gasteiger partial charge in [0, 0.05) is 18.6 Å². The lowest BCUT2D eigenvalue weighted by Gasteiger charge is -2.19. The molecule has 21 heavy (non-hydrogen) atoms. The molecule has 1 aromatic carbocycles. The van der Waals surface area contributed by atoms with E-state index in [-0.39, 0.29) is 24.5 Å². The fourth-order valence-electron chi connectivity index (χ4n) is 2.66. The Morgan fingerprint density at radius 2 is 2.00 bits per heavy atom. The van der Waals surface area contributed by atoms with E-state index >= 15 is 0 Å². The highest BCUT2D eigenvalue weighted by molar-refractivity contribution is 5.76. The van der Waals surface area contributed by atoms with Crippen LogP contribution < -0.4 is 14.8 Å². The summed E-state index contributed by atoms with van der Waals surface area (Å²) in [6, 6.07) is 7.38. The lowest BCUT2D eigenvalue weighted by Crippen LogP contribution is -2.39. The van der Waals surface area contributed by atoms with E-state index < -0.39 is 0 Å². The maximum Gasteiger partial charge on any atom is 0.223 e. The van der Waals surface area contributed by atoms with Gasteiger partial charge in [-0.3, -0.25) is 4.79 Å². The van der Waals surface area contributed by atoms with Crippen molar-refractivity contribution in [1.29, 1.82) is 0 Å². The van der Waals surface area contributed by atoms with Gasteiger partial charge in [0.15, 0.2) is 0 Å². The van der Waals surface area contributed by atoms with Crippen LogP contribution in [0.4, 0.5) is 0 Å². The average Bonchev–Trinajstić information content (AvgIpc) is 2.95. The fraction of sp³-hybridized carbons (Fsp3) is 0.562. The molecule has 1 fully saturated rings. The van der Waals surface area contributed by atoms with Crippen LogP contribution in [0.5, 0.6) is 11.5 Å². The van der Waals surface area contributed by atoms with Gasteiger partial charge in [-0.05, 0) is 37.1 Å². The molecule has 0 radical (unpaired) electrons. The van der Waals surface area contributed by atoms with Gasteiger partial charge < -0.3 is 19.9 Å². The van der Waals surface area contributed by atoms with Gasteiger partial charge in [0.05, 0.1) is 20.1 Å². The number of amides is 1. The van der Waals surface area contributed by atoms with E-state index in [1.54, 1.807) is 7.11 Å². The molecule has 2 atom stereocenters. The molecule has 1 saturated carbocycles. The van der Waals surface area contributed by atoms with Crippen molar-refractivity contribution >= 4 is 5.91 Å². The molecular formula is C16H23NO4. The molecule has 0 saturated heterocycles. The van der Waals surface area contributed by atoms with Crippen molar-refractivity contribution in [2.24, 2.45) is 5.92 Å². The molecule has 1 amide bonds. The second-order valence-corrected chi connectivity index (χ2v) is 5.32. The van der Waals surface area contributed by atoms with E-state index in [0.29, 0.717) is 13.0 Å². The normalized spacial score (nSPS) is 21.0. The summed E-state index contributed by atoms with van der Waals surface area (Å²) >= 11 is 0. The molecule has 1 aromatic rings. The molecule has 0 aliphatic heterocycles. The quantitative estimate of drug-likeness (QED) is 0.803. The number of hydrogen-bond acceptors (Lipinski definition) is 4. The number of methoxy groups -OCH3 is 1. The number of ether oxygens (including phenoxy) is 2. The highest BCUT2D eigenvalue weighted by atomic mass is 16.5. The molecule has 1 aliphatic carbocycles. The topological polar surface area (TPSA) is 67.8 Å². The third kappa shape index (κ3) is 4.63. The second kappa shape index (κ2) is 7.88. The smallest absolute Gasteiger partial charge is 0.223 e. The molecular weight excluding hydrogens is 270 g/mol. The first-order valence-electron chi connectivity index (χ1n) is 7.40. The molecule has 0 aromatic heterocycles. The number of nitrogens with one attached hydrogen (secondary N) is 1. The van der Waals surface area contributed by atoms with Gasteiger partial charge in [-0.1, -0.05) is 6.42 Å². The summed E-state index contributed by atoms with van der Waals surface area (Å²) in [6.45, 7) is 0.488. The Hall–Kier alpha value is -1.75. The molecule has 0 spiro atoms. The van der Waals surface area contributed by atoms with Crippen LogP contribution >= 0.6 is 0 Å². The Morgan fingerprint density at radius 3 is 2.67 bits per heavy atom. The molecule has 1 aliphatic rings. The van der Waals surface area contributed by atoms with Crippen LogP contribution in [0.1, 0.15) is 25.7 Å². The number of hydrogen-bond donors (Lipinski definition) is 2. The standard InChI is InChI=1S/C16H23NO4/c1-20-13-5-7-14(8-6-13)21-10-9-16(19)17-15-4-2-3-12(15)11-18/h5-8,12,15,18H,2-4,9-11H2,1H3,(H,17,19). The van der Waals surface area contributed by atoms with Crippen LogP contribution in [-0.2, 0) is 4.79 Å². The van der Waals surface area contributed by atoms with Gasteiger partial charge >= 0.3 is 0 Å². The zero-order valence-corrected chi connectivity index (χ0v) is 12.4. The summed E-state index contributed by atoms with van der Waals surface area (Å²) in [7, 11) is 1.61. The third-order valence-electron chi connectivity index (χ3n) is 3.90. The summed E-state index contributed by atoms with van der Waals surface area (Å²) in [5, 5.41) is 12.2. The first kappa shape index (κ1) is 15.6.